The van der Waals surface area contributed by atoms with Crippen LogP contribution in [0.15, 0.2) is 12.3 Å². The van der Waals surface area contributed by atoms with Crippen LogP contribution in [0.5, 0.6) is 0 Å². The van der Waals surface area contributed by atoms with E-state index in [2.05, 4.69) is 10.4 Å². The van der Waals surface area contributed by atoms with Gasteiger partial charge in [-0.15, -0.1) is 0 Å². The Labute approximate surface area is 114 Å². The second-order valence-electron chi connectivity index (χ2n) is 5.80. The topological polar surface area (TPSA) is 64.0 Å². The van der Waals surface area contributed by atoms with Crippen molar-refractivity contribution in [1.29, 1.82) is 0 Å². The van der Waals surface area contributed by atoms with Crippen molar-refractivity contribution in [3.05, 3.63) is 18.0 Å². The van der Waals surface area contributed by atoms with Gasteiger partial charge in [0, 0.05) is 19.3 Å². The molecule has 1 aromatic heterocycles. The molecule has 0 atom stereocenters. The van der Waals surface area contributed by atoms with Crippen molar-refractivity contribution >= 4 is 9.84 Å². The minimum absolute atomic E-state index is 0.0865. The van der Waals surface area contributed by atoms with Crippen molar-refractivity contribution < 1.29 is 8.42 Å². The van der Waals surface area contributed by atoms with E-state index in [4.69, 9.17) is 0 Å². The number of sulfone groups is 1. The molecule has 5 nitrogen and oxygen atoms in total. The molecule has 2 aliphatic rings. The van der Waals surface area contributed by atoms with Crippen LogP contribution < -0.4 is 5.32 Å². The Bertz CT molecular complexity index is 528. The third kappa shape index (κ3) is 3.17. The number of hydrogen-bond acceptors (Lipinski definition) is 4. The molecule has 0 bridgehead atoms. The molecule has 2 fully saturated rings. The molecule has 1 aliphatic heterocycles. The van der Waals surface area contributed by atoms with Crippen molar-refractivity contribution in [3.63, 3.8) is 0 Å². The van der Waals surface area contributed by atoms with Crippen molar-refractivity contribution in [3.8, 4) is 0 Å². The molecule has 1 saturated heterocycles. The molecule has 0 aromatic carbocycles. The molecule has 19 heavy (non-hydrogen) atoms. The van der Waals surface area contributed by atoms with E-state index in [-0.39, 0.29) is 11.5 Å². The monoisotopic (exact) mass is 283 g/mol. The molecule has 1 saturated carbocycles. The lowest BCUT2D eigenvalue weighted by Crippen LogP contribution is -2.45. The summed E-state index contributed by atoms with van der Waals surface area (Å²) < 4.78 is 26.1. The molecule has 6 heteroatoms. The van der Waals surface area contributed by atoms with E-state index >= 15 is 0 Å². The van der Waals surface area contributed by atoms with Gasteiger partial charge in [-0.05, 0) is 24.8 Å². The van der Waals surface area contributed by atoms with Crippen molar-refractivity contribution in [2.75, 3.05) is 18.8 Å². The maximum Gasteiger partial charge on any atom is 0.156 e. The van der Waals surface area contributed by atoms with E-state index < -0.39 is 9.84 Å². The molecule has 1 N–H and O–H groups in total. The van der Waals surface area contributed by atoms with Crippen LogP contribution in [0.1, 0.15) is 37.4 Å². The Morgan fingerprint density at radius 1 is 1.32 bits per heavy atom. The van der Waals surface area contributed by atoms with Crippen LogP contribution in [0, 0.1) is 5.92 Å². The summed E-state index contributed by atoms with van der Waals surface area (Å²) >= 11 is 0. The van der Waals surface area contributed by atoms with Gasteiger partial charge >= 0.3 is 0 Å². The average Bonchev–Trinajstić information content (AvgIpc) is 2.92. The van der Waals surface area contributed by atoms with Gasteiger partial charge in [-0.2, -0.15) is 5.10 Å². The summed E-state index contributed by atoms with van der Waals surface area (Å²) in [5.74, 6) is 0.668. The fraction of sp³-hybridized carbons (Fsp3) is 0.769. The smallest absolute Gasteiger partial charge is 0.156 e. The van der Waals surface area contributed by atoms with Crippen LogP contribution in [0.3, 0.4) is 0 Å². The van der Waals surface area contributed by atoms with Gasteiger partial charge in [0.25, 0.3) is 0 Å². The lowest BCUT2D eigenvalue weighted by Gasteiger charge is -2.26. The third-order valence-electron chi connectivity index (χ3n) is 4.09. The van der Waals surface area contributed by atoms with Gasteiger partial charge in [0.15, 0.2) is 9.84 Å². The summed E-state index contributed by atoms with van der Waals surface area (Å²) in [6.45, 7) is 1.66. The van der Waals surface area contributed by atoms with Crippen LogP contribution in [-0.4, -0.2) is 37.0 Å². The zero-order chi connectivity index (χ0) is 13.3. The number of nitrogens with zero attached hydrogens (tertiary/aromatic N) is 2. The van der Waals surface area contributed by atoms with Gasteiger partial charge in [0.05, 0.1) is 23.2 Å². The lowest BCUT2D eigenvalue weighted by molar-refractivity contribution is 0.378. The molecule has 1 aromatic rings. The van der Waals surface area contributed by atoms with Crippen molar-refractivity contribution in [1.82, 2.24) is 15.1 Å². The van der Waals surface area contributed by atoms with Gasteiger partial charge < -0.3 is 5.32 Å². The Morgan fingerprint density at radius 3 is 2.68 bits per heavy atom. The highest BCUT2D eigenvalue weighted by molar-refractivity contribution is 7.90. The molecule has 1 aliphatic carbocycles. The normalized spacial score (nSPS) is 21.7. The summed E-state index contributed by atoms with van der Waals surface area (Å²) in [5.41, 5.74) is 0.694. The summed E-state index contributed by atoms with van der Waals surface area (Å²) in [6, 6.07) is 2.34. The molecular weight excluding hydrogens is 262 g/mol. The van der Waals surface area contributed by atoms with Gasteiger partial charge in [0.2, 0.25) is 0 Å². The van der Waals surface area contributed by atoms with Crippen LogP contribution >= 0.6 is 0 Å². The van der Waals surface area contributed by atoms with E-state index in [0.29, 0.717) is 17.7 Å². The second-order valence-corrected chi connectivity index (χ2v) is 7.91. The van der Waals surface area contributed by atoms with E-state index in [1.165, 1.54) is 25.7 Å². The first kappa shape index (κ1) is 13.1. The number of hydrogen-bond donors (Lipinski definition) is 1. The Balaban J connectivity index is 1.62. The van der Waals surface area contributed by atoms with Gasteiger partial charge in [-0.3, -0.25) is 4.68 Å². The largest absolute Gasteiger partial charge is 0.316 e. The van der Waals surface area contributed by atoms with Crippen LogP contribution in [0.2, 0.25) is 0 Å². The number of aromatic nitrogens is 2. The maximum absolute atomic E-state index is 12.1. The predicted molar refractivity (Wildman–Crippen MR) is 73.6 cm³/mol. The molecule has 0 amide bonds. The van der Waals surface area contributed by atoms with Gasteiger partial charge in [0.1, 0.15) is 0 Å². The zero-order valence-corrected chi connectivity index (χ0v) is 11.9. The molecule has 2 heterocycles. The fourth-order valence-electron chi connectivity index (χ4n) is 2.94. The van der Waals surface area contributed by atoms with Crippen LogP contribution in [0.25, 0.3) is 0 Å². The lowest BCUT2D eigenvalue weighted by atomic mass is 10.1. The first-order valence-corrected chi connectivity index (χ1v) is 8.90. The minimum atomic E-state index is -3.02. The highest BCUT2D eigenvalue weighted by Crippen LogP contribution is 2.28. The van der Waals surface area contributed by atoms with Gasteiger partial charge in [-0.25, -0.2) is 8.42 Å². The van der Waals surface area contributed by atoms with E-state index in [1.807, 2.05) is 16.9 Å². The molecule has 106 valence electrons. The Morgan fingerprint density at radius 2 is 2.05 bits per heavy atom. The van der Waals surface area contributed by atoms with Crippen LogP contribution in [0.4, 0.5) is 0 Å². The average molecular weight is 283 g/mol. The second kappa shape index (κ2) is 5.25. The van der Waals surface area contributed by atoms with Gasteiger partial charge in [-0.1, -0.05) is 12.8 Å². The molecule has 0 spiro atoms. The fourth-order valence-corrected chi connectivity index (χ4v) is 4.61. The zero-order valence-electron chi connectivity index (χ0n) is 11.1. The number of rotatable bonds is 5. The maximum atomic E-state index is 12.1. The van der Waals surface area contributed by atoms with E-state index in [1.54, 1.807) is 0 Å². The first-order chi connectivity index (χ1) is 9.12. The van der Waals surface area contributed by atoms with Crippen LogP contribution in [-0.2, 0) is 15.6 Å². The Hall–Kier alpha value is -0.880. The van der Waals surface area contributed by atoms with Crippen molar-refractivity contribution in [2.45, 2.75) is 37.5 Å². The molecule has 3 rings (SSSR count). The highest BCUT2D eigenvalue weighted by atomic mass is 32.2. The first-order valence-electron chi connectivity index (χ1n) is 7.07. The Kier molecular flexibility index (Phi) is 3.62. The summed E-state index contributed by atoms with van der Waals surface area (Å²) in [5, 5.41) is 7.56. The molecule has 0 unspecified atom stereocenters. The molecular formula is C13H21N3O2S. The highest BCUT2D eigenvalue weighted by Gasteiger charge is 2.25. The molecule has 0 radical (unpaired) electrons. The minimum Gasteiger partial charge on any atom is -0.316 e. The SMILES string of the molecule is O=S(=O)(Cc1ccn(C2CCCC2)n1)CC1CNC1. The van der Waals surface area contributed by atoms with E-state index in [0.717, 1.165) is 13.1 Å². The predicted octanol–water partition coefficient (Wildman–Crippen LogP) is 1.13. The summed E-state index contributed by atoms with van der Waals surface area (Å²) in [4.78, 5) is 0. The summed E-state index contributed by atoms with van der Waals surface area (Å²) in [7, 11) is -3.02. The quantitative estimate of drug-likeness (QED) is 0.880. The van der Waals surface area contributed by atoms with E-state index in [9.17, 15) is 8.42 Å². The third-order valence-corrected chi connectivity index (χ3v) is 5.80. The summed E-state index contributed by atoms with van der Waals surface area (Å²) in [6.07, 6.45) is 6.79. The van der Waals surface area contributed by atoms with Crippen molar-refractivity contribution in [2.24, 2.45) is 5.92 Å². The standard InChI is InChI=1S/C13H21N3O2S/c17-19(18,9-11-7-14-8-11)10-12-5-6-16(15-12)13-3-1-2-4-13/h5-6,11,13-14H,1-4,7-10H2. The number of nitrogens with one attached hydrogen (secondary N) is 1.